The highest BCUT2D eigenvalue weighted by Gasteiger charge is 2.38. The molecule has 0 aromatic heterocycles. The lowest BCUT2D eigenvalue weighted by Gasteiger charge is -2.13. The van der Waals surface area contributed by atoms with Gasteiger partial charge in [-0.2, -0.15) is 0 Å². The van der Waals surface area contributed by atoms with Crippen molar-refractivity contribution in [3.05, 3.63) is 28.3 Å². The van der Waals surface area contributed by atoms with E-state index in [1.165, 1.54) is 37.1 Å². The lowest BCUT2D eigenvalue weighted by molar-refractivity contribution is -0.384. The fraction of sp³-hybridized carbons (Fsp3) is 0.438. The zero-order valence-corrected chi connectivity index (χ0v) is 15.5. The summed E-state index contributed by atoms with van der Waals surface area (Å²) in [7, 11) is 1.36. The van der Waals surface area contributed by atoms with Crippen LogP contribution in [0.25, 0.3) is 0 Å². The molecule has 0 spiro atoms. The summed E-state index contributed by atoms with van der Waals surface area (Å²) < 4.78 is 5.09. The largest absolute Gasteiger partial charge is 0.494 e. The van der Waals surface area contributed by atoms with Gasteiger partial charge in [-0.25, -0.2) is 0 Å². The molecule has 26 heavy (non-hydrogen) atoms. The first-order chi connectivity index (χ1) is 12.4. The fourth-order valence-corrected chi connectivity index (χ4v) is 3.72. The van der Waals surface area contributed by atoms with Crippen LogP contribution in [0, 0.1) is 10.1 Å². The molecule has 140 valence electrons. The topological polar surface area (TPSA) is 114 Å². The van der Waals surface area contributed by atoms with Crippen LogP contribution in [0.5, 0.6) is 5.75 Å². The SMILES string of the molecule is CCN=C1S[C@H](CC(=O)Nc2ccc([N+](=O)[O-])cc2OC)C(=O)N1CC. The minimum absolute atomic E-state index is 0.0249. The Morgan fingerprint density at radius 2 is 2.19 bits per heavy atom. The minimum atomic E-state index is -0.546. The van der Waals surface area contributed by atoms with E-state index < -0.39 is 10.2 Å². The number of nitrogens with one attached hydrogen (secondary N) is 1. The van der Waals surface area contributed by atoms with E-state index in [0.717, 1.165) is 0 Å². The molecule has 1 aliphatic heterocycles. The molecule has 0 aliphatic carbocycles. The molecule has 9 nitrogen and oxygen atoms in total. The number of aliphatic imine (C=N–C) groups is 1. The Morgan fingerprint density at radius 3 is 2.77 bits per heavy atom. The van der Waals surface area contributed by atoms with E-state index in [4.69, 9.17) is 4.74 Å². The summed E-state index contributed by atoms with van der Waals surface area (Å²) in [5.74, 6) is -0.339. The van der Waals surface area contributed by atoms with Gasteiger partial charge in [0.2, 0.25) is 11.8 Å². The summed E-state index contributed by atoms with van der Waals surface area (Å²) >= 11 is 1.28. The van der Waals surface area contributed by atoms with E-state index in [1.54, 1.807) is 4.90 Å². The zero-order valence-electron chi connectivity index (χ0n) is 14.7. The summed E-state index contributed by atoms with van der Waals surface area (Å²) in [6, 6.07) is 3.91. The minimum Gasteiger partial charge on any atom is -0.494 e. The van der Waals surface area contributed by atoms with E-state index in [-0.39, 0.29) is 29.7 Å². The lowest BCUT2D eigenvalue weighted by Crippen LogP contribution is -2.33. The average Bonchev–Trinajstić information content (AvgIpc) is 2.90. The molecule has 1 aromatic carbocycles. The van der Waals surface area contributed by atoms with Gasteiger partial charge in [0.25, 0.3) is 5.69 Å². The number of ether oxygens (including phenoxy) is 1. The molecule has 2 amide bonds. The Hall–Kier alpha value is -2.62. The number of nitro groups is 1. The van der Waals surface area contributed by atoms with Crippen LogP contribution in [0.1, 0.15) is 20.3 Å². The van der Waals surface area contributed by atoms with Crippen molar-refractivity contribution in [3.63, 3.8) is 0 Å². The summed E-state index contributed by atoms with van der Waals surface area (Å²) in [5.41, 5.74) is 0.175. The quantitative estimate of drug-likeness (QED) is 0.573. The molecule has 1 aliphatic rings. The zero-order chi connectivity index (χ0) is 19.3. The summed E-state index contributed by atoms with van der Waals surface area (Å²) in [4.78, 5) is 40.9. The highest BCUT2D eigenvalue weighted by atomic mass is 32.2. The normalized spacial score (nSPS) is 18.3. The Morgan fingerprint density at radius 1 is 1.46 bits per heavy atom. The van der Waals surface area contributed by atoms with Gasteiger partial charge in [0.1, 0.15) is 11.0 Å². The van der Waals surface area contributed by atoms with Crippen LogP contribution in [0.4, 0.5) is 11.4 Å². The number of amides is 2. The van der Waals surface area contributed by atoms with Crippen molar-refractivity contribution in [2.75, 3.05) is 25.5 Å². The standard InChI is InChI=1S/C16H20N4O5S/c1-4-17-16-19(5-2)15(22)13(26-16)9-14(21)18-11-7-6-10(20(23)24)8-12(11)25-3/h6-8,13H,4-5,9H2,1-3H3,(H,18,21)/t13-/m1/s1. The van der Waals surface area contributed by atoms with Gasteiger partial charge in [0.15, 0.2) is 5.17 Å². The number of hydrogen-bond acceptors (Lipinski definition) is 7. The van der Waals surface area contributed by atoms with Crippen LogP contribution in [0.3, 0.4) is 0 Å². The number of benzene rings is 1. The van der Waals surface area contributed by atoms with Crippen molar-refractivity contribution in [1.29, 1.82) is 0 Å². The molecule has 1 heterocycles. The Kier molecular flexibility index (Phi) is 6.56. The number of anilines is 1. The molecule has 1 N–H and O–H groups in total. The first-order valence-electron chi connectivity index (χ1n) is 8.06. The summed E-state index contributed by atoms with van der Waals surface area (Å²) in [6.45, 7) is 4.80. The second kappa shape index (κ2) is 8.65. The van der Waals surface area contributed by atoms with Crippen molar-refractivity contribution in [1.82, 2.24) is 4.90 Å². The maximum atomic E-state index is 12.4. The molecule has 1 atom stereocenters. The van der Waals surface area contributed by atoms with Crippen molar-refractivity contribution in [3.8, 4) is 5.75 Å². The van der Waals surface area contributed by atoms with Crippen LogP contribution >= 0.6 is 11.8 Å². The van der Waals surface area contributed by atoms with Crippen LogP contribution in [0.15, 0.2) is 23.2 Å². The number of amidine groups is 1. The van der Waals surface area contributed by atoms with Gasteiger partial charge in [-0.05, 0) is 19.9 Å². The maximum absolute atomic E-state index is 12.4. The number of thioether (sulfide) groups is 1. The van der Waals surface area contributed by atoms with Crippen LogP contribution < -0.4 is 10.1 Å². The average molecular weight is 380 g/mol. The smallest absolute Gasteiger partial charge is 0.273 e. The summed E-state index contributed by atoms with van der Waals surface area (Å²) in [5, 5.41) is 13.6. The van der Waals surface area contributed by atoms with E-state index in [2.05, 4.69) is 10.3 Å². The summed E-state index contributed by atoms with van der Waals surface area (Å²) in [6.07, 6.45) is -0.0249. The van der Waals surface area contributed by atoms with Crippen molar-refractivity contribution < 1.29 is 19.2 Å². The third-order valence-corrected chi connectivity index (χ3v) is 4.88. The number of nitro benzene ring substituents is 1. The number of methoxy groups -OCH3 is 1. The molecule has 10 heteroatoms. The van der Waals surface area contributed by atoms with Gasteiger partial charge in [0.05, 0.1) is 23.8 Å². The molecule has 1 fully saturated rings. The lowest BCUT2D eigenvalue weighted by atomic mass is 10.2. The first kappa shape index (κ1) is 19.7. The van der Waals surface area contributed by atoms with E-state index in [0.29, 0.717) is 23.9 Å². The molecule has 0 unspecified atom stereocenters. The van der Waals surface area contributed by atoms with E-state index in [9.17, 15) is 19.7 Å². The van der Waals surface area contributed by atoms with Crippen molar-refractivity contribution >= 4 is 40.1 Å². The predicted octanol–water partition coefficient (Wildman–Crippen LogP) is 2.27. The molecular formula is C16H20N4O5S. The number of non-ortho nitro benzene ring substituents is 1. The number of hydrogen-bond donors (Lipinski definition) is 1. The number of carbonyl (C=O) groups is 2. The van der Waals surface area contributed by atoms with Crippen LogP contribution in [0.2, 0.25) is 0 Å². The molecule has 1 aromatic rings. The third kappa shape index (κ3) is 4.31. The second-order valence-corrected chi connectivity index (χ2v) is 6.51. The van der Waals surface area contributed by atoms with Gasteiger partial charge in [-0.15, -0.1) is 0 Å². The van der Waals surface area contributed by atoms with Gasteiger partial charge in [-0.1, -0.05) is 11.8 Å². The number of carbonyl (C=O) groups excluding carboxylic acids is 2. The van der Waals surface area contributed by atoms with Crippen LogP contribution in [-0.4, -0.2) is 52.3 Å². The number of rotatable bonds is 7. The molecule has 1 saturated heterocycles. The Balaban J connectivity index is 2.08. The Bertz CT molecular complexity index is 752. The molecule has 0 radical (unpaired) electrons. The molecule has 0 bridgehead atoms. The highest BCUT2D eigenvalue weighted by Crippen LogP contribution is 2.32. The Labute approximate surface area is 154 Å². The van der Waals surface area contributed by atoms with Gasteiger partial charge < -0.3 is 10.1 Å². The van der Waals surface area contributed by atoms with Gasteiger partial charge in [-0.3, -0.25) is 29.6 Å². The fourth-order valence-electron chi connectivity index (χ4n) is 2.45. The van der Waals surface area contributed by atoms with Crippen molar-refractivity contribution in [2.24, 2.45) is 4.99 Å². The predicted molar refractivity (Wildman–Crippen MR) is 99.6 cm³/mol. The monoisotopic (exact) mass is 380 g/mol. The number of nitrogens with zero attached hydrogens (tertiary/aromatic N) is 3. The van der Waals surface area contributed by atoms with E-state index >= 15 is 0 Å². The highest BCUT2D eigenvalue weighted by molar-refractivity contribution is 8.15. The maximum Gasteiger partial charge on any atom is 0.273 e. The van der Waals surface area contributed by atoms with Gasteiger partial charge >= 0.3 is 0 Å². The second-order valence-electron chi connectivity index (χ2n) is 5.34. The molecular weight excluding hydrogens is 360 g/mol. The van der Waals surface area contributed by atoms with Gasteiger partial charge in [0, 0.05) is 25.6 Å². The van der Waals surface area contributed by atoms with E-state index in [1.807, 2.05) is 13.8 Å². The van der Waals surface area contributed by atoms with Crippen molar-refractivity contribution in [2.45, 2.75) is 25.5 Å². The molecule has 0 saturated carbocycles. The van der Waals surface area contributed by atoms with Crippen LogP contribution in [-0.2, 0) is 9.59 Å². The first-order valence-corrected chi connectivity index (χ1v) is 8.93. The third-order valence-electron chi connectivity index (χ3n) is 3.67. The molecule has 2 rings (SSSR count).